The van der Waals surface area contributed by atoms with E-state index in [0.29, 0.717) is 6.54 Å². The fourth-order valence-electron chi connectivity index (χ4n) is 2.01. The van der Waals surface area contributed by atoms with Gasteiger partial charge in [-0.2, -0.15) is 0 Å². The van der Waals surface area contributed by atoms with E-state index in [2.05, 4.69) is 11.9 Å². The maximum atomic E-state index is 13.1. The molecule has 1 atom stereocenters. The largest absolute Gasteiger partial charge is 0.333 e. The molecule has 0 fully saturated rings. The molecule has 2 N–H and O–H groups in total. The fraction of sp³-hybridized carbons (Fsp3) is 0.357. The van der Waals surface area contributed by atoms with E-state index in [4.69, 9.17) is 5.73 Å². The van der Waals surface area contributed by atoms with Crippen LogP contribution in [-0.2, 0) is 13.0 Å². The number of imidazole rings is 1. The smallest absolute Gasteiger partial charge is 0.123 e. The summed E-state index contributed by atoms with van der Waals surface area (Å²) in [6, 6.07) is 6.23. The van der Waals surface area contributed by atoms with Gasteiger partial charge in [0.1, 0.15) is 11.6 Å². The van der Waals surface area contributed by atoms with Crippen LogP contribution in [0.25, 0.3) is 0 Å². The molecule has 1 aromatic heterocycles. The van der Waals surface area contributed by atoms with Crippen LogP contribution in [0.15, 0.2) is 36.7 Å². The Hall–Kier alpha value is -1.68. The molecular formula is C14H18FN3. The molecule has 2 aromatic rings. The van der Waals surface area contributed by atoms with Gasteiger partial charge in [-0.05, 0) is 24.1 Å². The quantitative estimate of drug-likeness (QED) is 0.882. The van der Waals surface area contributed by atoms with Crippen molar-refractivity contribution in [2.75, 3.05) is 0 Å². The van der Waals surface area contributed by atoms with Crippen molar-refractivity contribution in [2.45, 2.75) is 32.4 Å². The van der Waals surface area contributed by atoms with Gasteiger partial charge in [0.25, 0.3) is 0 Å². The van der Waals surface area contributed by atoms with Crippen molar-refractivity contribution in [3.05, 3.63) is 53.9 Å². The molecule has 0 aliphatic rings. The Labute approximate surface area is 106 Å². The second-order valence-corrected chi connectivity index (χ2v) is 4.41. The molecular weight excluding hydrogens is 229 g/mol. The first kappa shape index (κ1) is 12.8. The molecule has 0 radical (unpaired) electrons. The number of nitrogens with zero attached hydrogens (tertiary/aromatic N) is 2. The van der Waals surface area contributed by atoms with Crippen molar-refractivity contribution >= 4 is 0 Å². The van der Waals surface area contributed by atoms with Crippen LogP contribution in [-0.4, -0.2) is 9.55 Å². The number of halogens is 1. The molecule has 2 rings (SSSR count). The third-order valence-electron chi connectivity index (χ3n) is 2.95. The predicted octanol–water partition coefficient (Wildman–Crippen LogP) is 2.67. The first-order valence-electron chi connectivity index (χ1n) is 6.21. The Morgan fingerprint density at radius 1 is 1.44 bits per heavy atom. The molecule has 0 saturated carbocycles. The van der Waals surface area contributed by atoms with Crippen LogP contribution in [0, 0.1) is 5.82 Å². The molecule has 96 valence electrons. The molecule has 0 aliphatic heterocycles. The number of aryl methyl sites for hydroxylation is 1. The van der Waals surface area contributed by atoms with E-state index >= 15 is 0 Å². The molecule has 0 aliphatic carbocycles. The summed E-state index contributed by atoms with van der Waals surface area (Å²) in [4.78, 5) is 4.30. The van der Waals surface area contributed by atoms with Crippen molar-refractivity contribution in [3.8, 4) is 0 Å². The number of aromatic nitrogens is 2. The highest BCUT2D eigenvalue weighted by atomic mass is 19.1. The van der Waals surface area contributed by atoms with Crippen LogP contribution in [0.1, 0.15) is 30.8 Å². The Balaban J connectivity index is 2.11. The van der Waals surface area contributed by atoms with Crippen LogP contribution in [0.3, 0.4) is 0 Å². The minimum Gasteiger partial charge on any atom is -0.333 e. The lowest BCUT2D eigenvalue weighted by atomic mass is 10.1. The molecule has 1 heterocycles. The van der Waals surface area contributed by atoms with Crippen LogP contribution in [0.2, 0.25) is 0 Å². The topological polar surface area (TPSA) is 43.8 Å². The molecule has 0 saturated heterocycles. The van der Waals surface area contributed by atoms with Crippen molar-refractivity contribution in [2.24, 2.45) is 5.73 Å². The number of benzene rings is 1. The number of hydrogen-bond donors (Lipinski definition) is 1. The van der Waals surface area contributed by atoms with Gasteiger partial charge in [-0.1, -0.05) is 19.1 Å². The lowest BCUT2D eigenvalue weighted by molar-refractivity contribution is 0.547. The lowest BCUT2D eigenvalue weighted by Crippen LogP contribution is -2.18. The van der Waals surface area contributed by atoms with Crippen LogP contribution in [0.5, 0.6) is 0 Å². The summed E-state index contributed by atoms with van der Waals surface area (Å²) in [6.07, 6.45) is 5.68. The van der Waals surface area contributed by atoms with Crippen molar-refractivity contribution < 1.29 is 4.39 Å². The first-order chi connectivity index (χ1) is 8.70. The van der Waals surface area contributed by atoms with Gasteiger partial charge < -0.3 is 10.3 Å². The van der Waals surface area contributed by atoms with Crippen molar-refractivity contribution in [1.82, 2.24) is 9.55 Å². The Morgan fingerprint density at radius 3 is 3.00 bits per heavy atom. The summed E-state index contributed by atoms with van der Waals surface area (Å²) in [5, 5.41) is 0. The molecule has 0 spiro atoms. The van der Waals surface area contributed by atoms with E-state index in [-0.39, 0.29) is 11.9 Å². The Morgan fingerprint density at radius 2 is 2.28 bits per heavy atom. The van der Waals surface area contributed by atoms with E-state index in [1.165, 1.54) is 12.1 Å². The number of nitrogens with two attached hydrogens (primary N) is 1. The van der Waals surface area contributed by atoms with Gasteiger partial charge in [0, 0.05) is 31.4 Å². The summed E-state index contributed by atoms with van der Waals surface area (Å²) in [5.74, 6) is 0.784. The predicted molar refractivity (Wildman–Crippen MR) is 69.6 cm³/mol. The average Bonchev–Trinajstić information content (AvgIpc) is 2.77. The summed E-state index contributed by atoms with van der Waals surface area (Å²) in [7, 11) is 0. The second-order valence-electron chi connectivity index (χ2n) is 4.41. The maximum Gasteiger partial charge on any atom is 0.123 e. The van der Waals surface area contributed by atoms with Crippen LogP contribution < -0.4 is 5.73 Å². The zero-order valence-electron chi connectivity index (χ0n) is 10.5. The zero-order valence-corrected chi connectivity index (χ0v) is 10.5. The number of hydrogen-bond acceptors (Lipinski definition) is 2. The van der Waals surface area contributed by atoms with Crippen LogP contribution >= 0.6 is 0 Å². The normalized spacial score (nSPS) is 12.6. The minimum atomic E-state index is -0.248. The second kappa shape index (κ2) is 5.78. The standard InChI is InChI=1S/C14H18FN3/c1-2-4-14-17-7-8-18(14)10-13(16)11-5-3-6-12(15)9-11/h3,5-9,13H,2,4,10,16H2,1H3. The third-order valence-corrected chi connectivity index (χ3v) is 2.95. The first-order valence-corrected chi connectivity index (χ1v) is 6.21. The van der Waals surface area contributed by atoms with E-state index in [9.17, 15) is 4.39 Å². The SMILES string of the molecule is CCCc1nccn1CC(N)c1cccc(F)c1. The molecule has 0 bridgehead atoms. The molecule has 1 aromatic carbocycles. The molecule has 1 unspecified atom stereocenters. The monoisotopic (exact) mass is 247 g/mol. The van der Waals surface area contributed by atoms with Gasteiger partial charge in [0.05, 0.1) is 0 Å². The third kappa shape index (κ3) is 2.96. The number of rotatable bonds is 5. The molecule has 0 amide bonds. The van der Waals surface area contributed by atoms with Crippen LogP contribution in [0.4, 0.5) is 4.39 Å². The van der Waals surface area contributed by atoms with Gasteiger partial charge in [0.2, 0.25) is 0 Å². The highest BCUT2D eigenvalue weighted by Gasteiger charge is 2.10. The van der Waals surface area contributed by atoms with Crippen molar-refractivity contribution in [3.63, 3.8) is 0 Å². The molecule has 4 heteroatoms. The highest BCUT2D eigenvalue weighted by Crippen LogP contribution is 2.15. The van der Waals surface area contributed by atoms with Gasteiger partial charge in [-0.25, -0.2) is 9.37 Å². The van der Waals surface area contributed by atoms with Gasteiger partial charge in [0.15, 0.2) is 0 Å². The lowest BCUT2D eigenvalue weighted by Gasteiger charge is -2.15. The molecule has 18 heavy (non-hydrogen) atoms. The summed E-state index contributed by atoms with van der Waals surface area (Å²) in [5.41, 5.74) is 6.92. The zero-order chi connectivity index (χ0) is 13.0. The van der Waals surface area contributed by atoms with E-state index in [1.807, 2.05) is 16.8 Å². The van der Waals surface area contributed by atoms with Gasteiger partial charge in [-0.15, -0.1) is 0 Å². The molecule has 3 nitrogen and oxygen atoms in total. The summed E-state index contributed by atoms with van der Waals surface area (Å²) >= 11 is 0. The Kier molecular flexibility index (Phi) is 4.10. The fourth-order valence-corrected chi connectivity index (χ4v) is 2.01. The Bertz CT molecular complexity index is 507. The van der Waals surface area contributed by atoms with E-state index in [1.54, 1.807) is 12.3 Å². The average molecular weight is 247 g/mol. The van der Waals surface area contributed by atoms with E-state index < -0.39 is 0 Å². The van der Waals surface area contributed by atoms with Gasteiger partial charge in [-0.3, -0.25) is 0 Å². The summed E-state index contributed by atoms with van der Waals surface area (Å²) < 4.78 is 15.2. The van der Waals surface area contributed by atoms with E-state index in [0.717, 1.165) is 24.2 Å². The highest BCUT2D eigenvalue weighted by molar-refractivity contribution is 5.19. The van der Waals surface area contributed by atoms with Crippen molar-refractivity contribution in [1.29, 1.82) is 0 Å². The van der Waals surface area contributed by atoms with Gasteiger partial charge >= 0.3 is 0 Å². The maximum absolute atomic E-state index is 13.1. The minimum absolute atomic E-state index is 0.217. The summed E-state index contributed by atoms with van der Waals surface area (Å²) in [6.45, 7) is 2.74.